The van der Waals surface area contributed by atoms with Crippen molar-refractivity contribution in [1.29, 1.82) is 0 Å². The lowest BCUT2D eigenvalue weighted by Crippen LogP contribution is -2.25. The molecule has 1 heterocycles. The number of carbonyl (C=O) groups excluding carboxylic acids is 1. The fourth-order valence-corrected chi connectivity index (χ4v) is 2.49. The van der Waals surface area contributed by atoms with Crippen molar-refractivity contribution in [3.8, 4) is 11.3 Å². The van der Waals surface area contributed by atoms with Gasteiger partial charge in [-0.2, -0.15) is 0 Å². The monoisotopic (exact) mass is 275 g/mol. The van der Waals surface area contributed by atoms with E-state index in [0.717, 1.165) is 22.7 Å². The summed E-state index contributed by atoms with van der Waals surface area (Å²) < 4.78 is 0. The number of rotatable bonds is 5. The first kappa shape index (κ1) is 13.5. The number of aromatic nitrogens is 1. The summed E-state index contributed by atoms with van der Waals surface area (Å²) in [7, 11) is 0. The minimum absolute atomic E-state index is 0.0234. The molecule has 0 saturated heterocycles. The van der Waals surface area contributed by atoms with Crippen molar-refractivity contribution in [2.75, 3.05) is 12.3 Å². The summed E-state index contributed by atoms with van der Waals surface area (Å²) in [6.07, 6.45) is 1.28. The second kappa shape index (κ2) is 6.33. The molecule has 1 amide bonds. The maximum Gasteiger partial charge on any atom is 0.226 e. The van der Waals surface area contributed by atoms with Gasteiger partial charge in [0.15, 0.2) is 0 Å². The van der Waals surface area contributed by atoms with E-state index in [9.17, 15) is 4.79 Å². The zero-order valence-electron chi connectivity index (χ0n) is 10.8. The van der Waals surface area contributed by atoms with Gasteiger partial charge in [0.25, 0.3) is 0 Å². The molecule has 1 aromatic carbocycles. The Morgan fingerprint density at radius 2 is 2.32 bits per heavy atom. The van der Waals surface area contributed by atoms with Gasteiger partial charge in [0.2, 0.25) is 5.91 Å². The van der Waals surface area contributed by atoms with Crippen LogP contribution < -0.4 is 11.1 Å². The van der Waals surface area contributed by atoms with E-state index in [1.54, 1.807) is 0 Å². The van der Waals surface area contributed by atoms with Gasteiger partial charge >= 0.3 is 0 Å². The number of nitrogens with one attached hydrogen (secondary N) is 1. The standard InChI is InChI=1S/C14H17N3OS/c1-2-6-16-13(18)8-14-17-12(9-19-14)10-4-3-5-11(15)7-10/h3-5,7,9H,2,6,8,15H2,1H3,(H,16,18). The van der Waals surface area contributed by atoms with E-state index in [0.29, 0.717) is 18.7 Å². The summed E-state index contributed by atoms with van der Waals surface area (Å²) in [5.74, 6) is 0.0234. The Morgan fingerprint density at radius 3 is 3.05 bits per heavy atom. The van der Waals surface area contributed by atoms with Crippen molar-refractivity contribution in [2.45, 2.75) is 19.8 Å². The molecule has 0 radical (unpaired) electrons. The Morgan fingerprint density at radius 1 is 1.47 bits per heavy atom. The Bertz CT molecular complexity index is 565. The first-order valence-corrected chi connectivity index (χ1v) is 7.14. The third-order valence-electron chi connectivity index (χ3n) is 2.62. The number of hydrogen-bond acceptors (Lipinski definition) is 4. The molecule has 0 bridgehead atoms. The van der Waals surface area contributed by atoms with Gasteiger partial charge in [0, 0.05) is 23.2 Å². The van der Waals surface area contributed by atoms with E-state index in [-0.39, 0.29) is 5.91 Å². The maximum absolute atomic E-state index is 11.6. The lowest BCUT2D eigenvalue weighted by atomic mass is 10.1. The smallest absolute Gasteiger partial charge is 0.226 e. The van der Waals surface area contributed by atoms with Crippen LogP contribution in [-0.4, -0.2) is 17.4 Å². The third-order valence-corrected chi connectivity index (χ3v) is 3.47. The Labute approximate surface area is 116 Å². The lowest BCUT2D eigenvalue weighted by Gasteiger charge is -2.00. The Balaban J connectivity index is 2.05. The van der Waals surface area contributed by atoms with Crippen molar-refractivity contribution < 1.29 is 4.79 Å². The summed E-state index contributed by atoms with van der Waals surface area (Å²) in [6, 6.07) is 7.59. The van der Waals surface area contributed by atoms with Gasteiger partial charge in [0.1, 0.15) is 5.01 Å². The van der Waals surface area contributed by atoms with E-state index < -0.39 is 0 Å². The quantitative estimate of drug-likeness (QED) is 0.824. The van der Waals surface area contributed by atoms with Crippen LogP contribution in [0.5, 0.6) is 0 Å². The van der Waals surface area contributed by atoms with Gasteiger partial charge in [0.05, 0.1) is 12.1 Å². The molecule has 0 unspecified atom stereocenters. The Kier molecular flexibility index (Phi) is 4.52. The first-order chi connectivity index (χ1) is 9.19. The third kappa shape index (κ3) is 3.79. The molecule has 3 N–H and O–H groups in total. The normalized spacial score (nSPS) is 10.4. The van der Waals surface area contributed by atoms with Crippen molar-refractivity contribution in [3.05, 3.63) is 34.7 Å². The van der Waals surface area contributed by atoms with E-state index in [1.165, 1.54) is 11.3 Å². The zero-order chi connectivity index (χ0) is 13.7. The van der Waals surface area contributed by atoms with Gasteiger partial charge in [-0.3, -0.25) is 4.79 Å². The molecule has 0 spiro atoms. The highest BCUT2D eigenvalue weighted by molar-refractivity contribution is 7.10. The molecule has 0 aliphatic heterocycles. The molecule has 0 fully saturated rings. The van der Waals surface area contributed by atoms with Gasteiger partial charge in [-0.15, -0.1) is 11.3 Å². The highest BCUT2D eigenvalue weighted by atomic mass is 32.1. The predicted octanol–water partition coefficient (Wildman–Crippen LogP) is 2.46. The van der Waals surface area contributed by atoms with Crippen LogP contribution in [0.15, 0.2) is 29.6 Å². The number of thiazole rings is 1. The van der Waals surface area contributed by atoms with Crippen molar-refractivity contribution in [1.82, 2.24) is 10.3 Å². The fourth-order valence-electron chi connectivity index (χ4n) is 1.69. The summed E-state index contributed by atoms with van der Waals surface area (Å²) in [5.41, 5.74) is 8.32. The number of anilines is 1. The van der Waals surface area contributed by atoms with E-state index in [2.05, 4.69) is 10.3 Å². The van der Waals surface area contributed by atoms with Crippen LogP contribution in [0, 0.1) is 0 Å². The van der Waals surface area contributed by atoms with Gasteiger partial charge in [-0.25, -0.2) is 4.98 Å². The van der Waals surface area contributed by atoms with Crippen LogP contribution in [0.2, 0.25) is 0 Å². The van der Waals surface area contributed by atoms with Crippen LogP contribution in [0.25, 0.3) is 11.3 Å². The highest BCUT2D eigenvalue weighted by Gasteiger charge is 2.08. The number of benzene rings is 1. The SMILES string of the molecule is CCCNC(=O)Cc1nc(-c2cccc(N)c2)cs1. The van der Waals surface area contributed by atoms with Crippen molar-refractivity contribution >= 4 is 22.9 Å². The molecule has 0 atom stereocenters. The van der Waals surface area contributed by atoms with E-state index in [1.807, 2.05) is 36.6 Å². The van der Waals surface area contributed by atoms with Gasteiger partial charge < -0.3 is 11.1 Å². The second-order valence-corrected chi connectivity index (χ2v) is 5.22. The molecule has 2 rings (SSSR count). The predicted molar refractivity (Wildman–Crippen MR) is 79.0 cm³/mol. The van der Waals surface area contributed by atoms with E-state index in [4.69, 9.17) is 5.73 Å². The molecule has 4 nitrogen and oxygen atoms in total. The molecule has 0 aliphatic carbocycles. The largest absolute Gasteiger partial charge is 0.399 e. The zero-order valence-corrected chi connectivity index (χ0v) is 11.7. The number of nitrogen functional groups attached to an aromatic ring is 1. The molecular weight excluding hydrogens is 258 g/mol. The van der Waals surface area contributed by atoms with Gasteiger partial charge in [-0.1, -0.05) is 19.1 Å². The number of amides is 1. The molecule has 19 heavy (non-hydrogen) atoms. The average molecular weight is 275 g/mol. The second-order valence-electron chi connectivity index (χ2n) is 4.28. The van der Waals surface area contributed by atoms with Gasteiger partial charge in [-0.05, 0) is 18.6 Å². The van der Waals surface area contributed by atoms with Crippen LogP contribution >= 0.6 is 11.3 Å². The molecule has 5 heteroatoms. The van der Waals surface area contributed by atoms with Crippen LogP contribution in [-0.2, 0) is 11.2 Å². The summed E-state index contributed by atoms with van der Waals surface area (Å²) in [6.45, 7) is 2.74. The minimum atomic E-state index is 0.0234. The van der Waals surface area contributed by atoms with E-state index >= 15 is 0 Å². The number of hydrogen-bond donors (Lipinski definition) is 2. The van der Waals surface area contributed by atoms with Crippen LogP contribution in [0.4, 0.5) is 5.69 Å². The number of nitrogens with two attached hydrogens (primary N) is 1. The first-order valence-electron chi connectivity index (χ1n) is 6.26. The number of carbonyl (C=O) groups is 1. The summed E-state index contributed by atoms with van der Waals surface area (Å²) >= 11 is 1.50. The lowest BCUT2D eigenvalue weighted by molar-refractivity contribution is -0.120. The molecule has 0 aliphatic rings. The van der Waals surface area contributed by atoms with Crippen LogP contribution in [0.1, 0.15) is 18.4 Å². The molecule has 100 valence electrons. The summed E-state index contributed by atoms with van der Waals surface area (Å²) in [5, 5.41) is 5.63. The van der Waals surface area contributed by atoms with Crippen LogP contribution in [0.3, 0.4) is 0 Å². The summed E-state index contributed by atoms with van der Waals surface area (Å²) in [4.78, 5) is 16.1. The molecule has 1 aromatic heterocycles. The highest BCUT2D eigenvalue weighted by Crippen LogP contribution is 2.23. The minimum Gasteiger partial charge on any atom is -0.399 e. The fraction of sp³-hybridized carbons (Fsp3) is 0.286. The maximum atomic E-state index is 11.6. The number of nitrogens with zero attached hydrogens (tertiary/aromatic N) is 1. The Hall–Kier alpha value is -1.88. The van der Waals surface area contributed by atoms with Crippen molar-refractivity contribution in [2.24, 2.45) is 0 Å². The molecule has 0 saturated carbocycles. The average Bonchev–Trinajstić information content (AvgIpc) is 2.85. The topological polar surface area (TPSA) is 68.0 Å². The molecule has 2 aromatic rings. The molecular formula is C14H17N3OS. The van der Waals surface area contributed by atoms with Crippen molar-refractivity contribution in [3.63, 3.8) is 0 Å².